The highest BCUT2D eigenvalue weighted by atomic mass is 16.5. The summed E-state index contributed by atoms with van der Waals surface area (Å²) in [6, 6.07) is 9.98. The van der Waals surface area contributed by atoms with Crippen LogP contribution < -0.4 is 10.5 Å². The molecule has 0 aromatic heterocycles. The molecular formula is C14H20N2O. The number of para-hydroxylation sites is 1. The zero-order chi connectivity index (χ0) is 11.7. The van der Waals surface area contributed by atoms with E-state index in [-0.39, 0.29) is 5.54 Å². The molecule has 3 heteroatoms. The average molecular weight is 232 g/mol. The van der Waals surface area contributed by atoms with E-state index in [0.29, 0.717) is 0 Å². The second-order valence-corrected chi connectivity index (χ2v) is 5.38. The Hall–Kier alpha value is -1.06. The van der Waals surface area contributed by atoms with Gasteiger partial charge < -0.3 is 10.5 Å². The lowest BCUT2D eigenvalue weighted by molar-refractivity contribution is 0.0433. The lowest BCUT2D eigenvalue weighted by atomic mass is 9.86. The maximum absolute atomic E-state index is 6.30. The van der Waals surface area contributed by atoms with E-state index in [1.807, 2.05) is 30.3 Å². The van der Waals surface area contributed by atoms with E-state index in [2.05, 4.69) is 4.90 Å². The minimum Gasteiger partial charge on any atom is -0.492 e. The zero-order valence-electron chi connectivity index (χ0n) is 10.1. The van der Waals surface area contributed by atoms with Crippen molar-refractivity contribution >= 4 is 0 Å². The van der Waals surface area contributed by atoms with E-state index in [1.165, 1.54) is 12.8 Å². The van der Waals surface area contributed by atoms with E-state index >= 15 is 0 Å². The first kappa shape index (κ1) is 11.1. The molecule has 3 nitrogen and oxygen atoms in total. The van der Waals surface area contributed by atoms with Crippen LogP contribution in [0.2, 0.25) is 0 Å². The molecule has 1 saturated heterocycles. The number of rotatable bonds is 5. The summed E-state index contributed by atoms with van der Waals surface area (Å²) in [4.78, 5) is 2.39. The third-order valence-electron chi connectivity index (χ3n) is 3.85. The topological polar surface area (TPSA) is 38.5 Å². The molecule has 1 aromatic rings. The van der Waals surface area contributed by atoms with E-state index in [0.717, 1.165) is 37.9 Å². The van der Waals surface area contributed by atoms with Crippen LogP contribution in [-0.4, -0.2) is 36.7 Å². The van der Waals surface area contributed by atoms with Crippen LogP contribution in [0, 0.1) is 5.92 Å². The van der Waals surface area contributed by atoms with Crippen molar-refractivity contribution in [2.75, 3.05) is 26.2 Å². The maximum atomic E-state index is 6.30. The first-order valence-electron chi connectivity index (χ1n) is 6.45. The summed E-state index contributed by atoms with van der Waals surface area (Å²) < 4.78 is 5.67. The van der Waals surface area contributed by atoms with E-state index < -0.39 is 0 Å². The summed E-state index contributed by atoms with van der Waals surface area (Å²) in [5.74, 6) is 1.75. The molecule has 2 fully saturated rings. The molecule has 92 valence electrons. The van der Waals surface area contributed by atoms with E-state index in [1.54, 1.807) is 0 Å². The molecule has 0 amide bonds. The van der Waals surface area contributed by atoms with Crippen LogP contribution in [0.4, 0.5) is 0 Å². The average Bonchev–Trinajstić information content (AvgIpc) is 3.12. The van der Waals surface area contributed by atoms with Crippen LogP contribution in [0.5, 0.6) is 5.75 Å². The Balaban J connectivity index is 1.36. The van der Waals surface area contributed by atoms with Crippen LogP contribution in [0.3, 0.4) is 0 Å². The van der Waals surface area contributed by atoms with Gasteiger partial charge in [0.15, 0.2) is 0 Å². The van der Waals surface area contributed by atoms with Gasteiger partial charge in [0.05, 0.1) is 0 Å². The molecule has 1 aliphatic heterocycles. The molecule has 0 unspecified atom stereocenters. The Morgan fingerprint density at radius 3 is 2.59 bits per heavy atom. The quantitative estimate of drug-likeness (QED) is 0.836. The van der Waals surface area contributed by atoms with Crippen molar-refractivity contribution in [2.45, 2.75) is 18.4 Å². The Labute approximate surface area is 103 Å². The summed E-state index contributed by atoms with van der Waals surface area (Å²) in [6.45, 7) is 3.84. The van der Waals surface area contributed by atoms with Gasteiger partial charge in [-0.3, -0.25) is 4.90 Å². The van der Waals surface area contributed by atoms with Crippen LogP contribution >= 0.6 is 0 Å². The van der Waals surface area contributed by atoms with Crippen LogP contribution in [0.15, 0.2) is 30.3 Å². The fraction of sp³-hybridized carbons (Fsp3) is 0.571. The second kappa shape index (κ2) is 4.31. The van der Waals surface area contributed by atoms with Gasteiger partial charge in [0.25, 0.3) is 0 Å². The number of hydrogen-bond acceptors (Lipinski definition) is 3. The molecule has 1 saturated carbocycles. The van der Waals surface area contributed by atoms with Gasteiger partial charge in [-0.05, 0) is 30.9 Å². The fourth-order valence-corrected chi connectivity index (χ4v) is 2.67. The van der Waals surface area contributed by atoms with Gasteiger partial charge in [0, 0.05) is 25.2 Å². The molecule has 0 bridgehead atoms. The van der Waals surface area contributed by atoms with Gasteiger partial charge in [0.2, 0.25) is 0 Å². The van der Waals surface area contributed by atoms with Crippen LogP contribution in [0.25, 0.3) is 0 Å². The Kier molecular flexibility index (Phi) is 2.81. The molecular weight excluding hydrogens is 212 g/mol. The summed E-state index contributed by atoms with van der Waals surface area (Å²) in [5.41, 5.74) is 6.43. The third kappa shape index (κ3) is 2.45. The van der Waals surface area contributed by atoms with Gasteiger partial charge in [-0.1, -0.05) is 18.2 Å². The molecule has 17 heavy (non-hydrogen) atoms. The predicted octanol–water partition coefficient (Wildman–Crippen LogP) is 1.49. The van der Waals surface area contributed by atoms with Crippen molar-refractivity contribution < 1.29 is 4.74 Å². The van der Waals surface area contributed by atoms with E-state index in [4.69, 9.17) is 10.5 Å². The Bertz CT molecular complexity index is 369. The highest BCUT2D eigenvalue weighted by molar-refractivity contribution is 5.20. The molecule has 0 radical (unpaired) electrons. The van der Waals surface area contributed by atoms with Gasteiger partial charge in [-0.2, -0.15) is 0 Å². The summed E-state index contributed by atoms with van der Waals surface area (Å²) in [6.07, 6.45) is 2.68. The van der Waals surface area contributed by atoms with Crippen molar-refractivity contribution in [1.29, 1.82) is 0 Å². The van der Waals surface area contributed by atoms with Gasteiger partial charge in [0.1, 0.15) is 12.4 Å². The highest BCUT2D eigenvalue weighted by Gasteiger charge is 2.49. The van der Waals surface area contributed by atoms with Gasteiger partial charge >= 0.3 is 0 Å². The Morgan fingerprint density at radius 2 is 1.94 bits per heavy atom. The lowest BCUT2D eigenvalue weighted by Crippen LogP contribution is -2.69. The normalized spacial score (nSPS) is 23.1. The van der Waals surface area contributed by atoms with Gasteiger partial charge in [-0.15, -0.1) is 0 Å². The summed E-state index contributed by atoms with van der Waals surface area (Å²) >= 11 is 0. The zero-order valence-corrected chi connectivity index (χ0v) is 10.1. The van der Waals surface area contributed by atoms with Gasteiger partial charge in [-0.25, -0.2) is 0 Å². The summed E-state index contributed by atoms with van der Waals surface area (Å²) in [5, 5.41) is 0. The lowest BCUT2D eigenvalue weighted by Gasteiger charge is -2.48. The third-order valence-corrected chi connectivity index (χ3v) is 3.85. The smallest absolute Gasteiger partial charge is 0.119 e. The highest BCUT2D eigenvalue weighted by Crippen LogP contribution is 2.42. The number of nitrogens with zero attached hydrogens (tertiary/aromatic N) is 1. The number of hydrogen-bond donors (Lipinski definition) is 1. The number of ether oxygens (including phenoxy) is 1. The molecule has 2 aliphatic rings. The summed E-state index contributed by atoms with van der Waals surface area (Å²) in [7, 11) is 0. The van der Waals surface area contributed by atoms with Crippen molar-refractivity contribution in [3.8, 4) is 5.75 Å². The molecule has 2 N–H and O–H groups in total. The number of likely N-dealkylation sites (tertiary alicyclic amines) is 1. The molecule has 1 aliphatic carbocycles. The molecule has 0 spiro atoms. The van der Waals surface area contributed by atoms with Crippen molar-refractivity contribution in [3.63, 3.8) is 0 Å². The minimum atomic E-state index is 0.132. The van der Waals surface area contributed by atoms with Crippen LogP contribution in [0.1, 0.15) is 12.8 Å². The largest absolute Gasteiger partial charge is 0.492 e. The monoisotopic (exact) mass is 232 g/mol. The molecule has 1 heterocycles. The standard InChI is InChI=1S/C14H20N2O/c15-14(12-6-7-12)10-16(11-14)8-9-17-13-4-2-1-3-5-13/h1-5,12H,6-11,15H2. The van der Waals surface area contributed by atoms with E-state index in [9.17, 15) is 0 Å². The SMILES string of the molecule is NC1(C2CC2)CN(CCOc2ccccc2)C1. The van der Waals surface area contributed by atoms with Crippen molar-refractivity contribution in [2.24, 2.45) is 11.7 Å². The predicted molar refractivity (Wildman–Crippen MR) is 68.0 cm³/mol. The van der Waals surface area contributed by atoms with Crippen molar-refractivity contribution in [1.82, 2.24) is 4.90 Å². The Morgan fingerprint density at radius 1 is 1.24 bits per heavy atom. The first-order valence-corrected chi connectivity index (χ1v) is 6.45. The first-order chi connectivity index (χ1) is 8.26. The molecule has 1 aromatic carbocycles. The van der Waals surface area contributed by atoms with Crippen molar-refractivity contribution in [3.05, 3.63) is 30.3 Å². The molecule has 0 atom stereocenters. The number of benzene rings is 1. The van der Waals surface area contributed by atoms with Crippen LogP contribution in [-0.2, 0) is 0 Å². The number of nitrogens with two attached hydrogens (primary N) is 1. The minimum absolute atomic E-state index is 0.132. The maximum Gasteiger partial charge on any atom is 0.119 e. The fourth-order valence-electron chi connectivity index (χ4n) is 2.67. The second-order valence-electron chi connectivity index (χ2n) is 5.38. The molecule has 3 rings (SSSR count).